The number of para-hydroxylation sites is 1. The number of aliphatic hydroxyl groups is 1. The van der Waals surface area contributed by atoms with Gasteiger partial charge in [-0.2, -0.15) is 13.2 Å². The van der Waals surface area contributed by atoms with Crippen molar-refractivity contribution < 1.29 is 27.4 Å². The average molecular weight is 224 g/mol. The Kier molecular flexibility index (Phi) is 3.18. The van der Waals surface area contributed by atoms with Gasteiger partial charge in [0, 0.05) is 5.56 Å². The average Bonchev–Trinajstić information content (AvgIpc) is 2.14. The molecule has 0 saturated carbocycles. The lowest BCUT2D eigenvalue weighted by atomic mass is 10.1. The summed E-state index contributed by atoms with van der Waals surface area (Å²) in [6.45, 7) is 0. The summed E-state index contributed by atoms with van der Waals surface area (Å²) in [5.41, 5.74) is -0.634. The summed E-state index contributed by atoms with van der Waals surface area (Å²) in [7, 11) is 1.03. The molecule has 15 heavy (non-hydrogen) atoms. The van der Waals surface area contributed by atoms with Gasteiger partial charge < -0.3 is 9.84 Å². The molecule has 84 valence electrons. The minimum atomic E-state index is -4.85. The van der Waals surface area contributed by atoms with Gasteiger partial charge in [-0.15, -0.1) is 0 Å². The number of hydrogen-bond acceptors (Lipinski definition) is 2. The maximum absolute atomic E-state index is 13.0. The Morgan fingerprint density at radius 1 is 1.33 bits per heavy atom. The van der Waals surface area contributed by atoms with Crippen molar-refractivity contribution in [3.05, 3.63) is 29.6 Å². The van der Waals surface area contributed by atoms with Crippen LogP contribution in [0.3, 0.4) is 0 Å². The molecule has 0 fully saturated rings. The Balaban J connectivity index is 3.20. The van der Waals surface area contributed by atoms with Crippen molar-refractivity contribution in [3.63, 3.8) is 0 Å². The zero-order valence-corrected chi connectivity index (χ0v) is 7.68. The highest BCUT2D eigenvalue weighted by Gasteiger charge is 2.41. The molecule has 0 aliphatic rings. The summed E-state index contributed by atoms with van der Waals surface area (Å²) in [5, 5.41) is 8.92. The lowest BCUT2D eigenvalue weighted by Crippen LogP contribution is -2.21. The Bertz CT molecular complexity index is 348. The fraction of sp³-hybridized carbons (Fsp3) is 0.333. The maximum atomic E-state index is 13.0. The third kappa shape index (κ3) is 2.38. The van der Waals surface area contributed by atoms with E-state index >= 15 is 0 Å². The van der Waals surface area contributed by atoms with Crippen molar-refractivity contribution in [2.75, 3.05) is 7.11 Å². The van der Waals surface area contributed by atoms with E-state index in [0.717, 1.165) is 25.3 Å². The van der Waals surface area contributed by atoms with Gasteiger partial charge in [-0.1, -0.05) is 12.1 Å². The number of methoxy groups -OCH3 is 1. The highest BCUT2D eigenvalue weighted by atomic mass is 19.4. The van der Waals surface area contributed by atoms with E-state index in [1.165, 1.54) is 0 Å². The first-order valence-electron chi connectivity index (χ1n) is 3.95. The van der Waals surface area contributed by atoms with Crippen LogP contribution < -0.4 is 4.74 Å². The van der Waals surface area contributed by atoms with Crippen LogP contribution in [0.2, 0.25) is 0 Å². The summed E-state index contributed by atoms with van der Waals surface area (Å²) in [4.78, 5) is 0. The first-order valence-corrected chi connectivity index (χ1v) is 3.95. The van der Waals surface area contributed by atoms with Gasteiger partial charge in [0.2, 0.25) is 0 Å². The monoisotopic (exact) mass is 224 g/mol. The molecule has 0 aliphatic carbocycles. The van der Waals surface area contributed by atoms with E-state index < -0.39 is 29.4 Å². The van der Waals surface area contributed by atoms with E-state index in [2.05, 4.69) is 4.74 Å². The molecule has 0 heterocycles. The molecular weight excluding hydrogens is 216 g/mol. The van der Waals surface area contributed by atoms with E-state index in [9.17, 15) is 17.6 Å². The fourth-order valence-electron chi connectivity index (χ4n) is 1.13. The maximum Gasteiger partial charge on any atom is 0.418 e. The fourth-order valence-corrected chi connectivity index (χ4v) is 1.13. The molecule has 0 amide bonds. The molecule has 1 aromatic carbocycles. The third-order valence-electron chi connectivity index (χ3n) is 1.81. The quantitative estimate of drug-likeness (QED) is 0.782. The lowest BCUT2D eigenvalue weighted by molar-refractivity contribution is -0.207. The third-order valence-corrected chi connectivity index (χ3v) is 1.81. The molecular formula is C9H8F4O2. The SMILES string of the molecule is COc1c(F)cccc1[C@@H](O)C(F)(F)F. The van der Waals surface area contributed by atoms with Crippen LogP contribution in [-0.2, 0) is 0 Å². The van der Waals surface area contributed by atoms with Crippen LogP contribution in [0.5, 0.6) is 5.75 Å². The summed E-state index contributed by atoms with van der Waals surface area (Å²) in [6.07, 6.45) is -7.59. The molecule has 0 unspecified atom stereocenters. The number of aliphatic hydroxyl groups excluding tert-OH is 1. The zero-order chi connectivity index (χ0) is 11.6. The molecule has 1 aromatic rings. The smallest absolute Gasteiger partial charge is 0.418 e. The second kappa shape index (κ2) is 4.06. The molecule has 1 rings (SSSR count). The Hall–Kier alpha value is -1.30. The van der Waals surface area contributed by atoms with E-state index in [-0.39, 0.29) is 0 Å². The van der Waals surface area contributed by atoms with E-state index in [0.29, 0.717) is 0 Å². The molecule has 0 bridgehead atoms. The first kappa shape index (κ1) is 11.8. The van der Waals surface area contributed by atoms with Gasteiger partial charge in [0.15, 0.2) is 17.7 Å². The van der Waals surface area contributed by atoms with Crippen LogP contribution in [0.15, 0.2) is 18.2 Å². The van der Waals surface area contributed by atoms with Crippen molar-refractivity contribution in [1.29, 1.82) is 0 Å². The first-order chi connectivity index (χ1) is 6.88. The largest absolute Gasteiger partial charge is 0.493 e. The summed E-state index contributed by atoms with van der Waals surface area (Å²) >= 11 is 0. The predicted molar refractivity (Wildman–Crippen MR) is 44.0 cm³/mol. The standard InChI is InChI=1S/C9H8F4O2/c1-15-7-5(3-2-4-6(7)10)8(14)9(11,12)13/h2-4,8,14H,1H3/t8-/m1/s1. The van der Waals surface area contributed by atoms with Crippen LogP contribution in [-0.4, -0.2) is 18.4 Å². The number of alkyl halides is 3. The minimum absolute atomic E-state index is 0.595. The van der Waals surface area contributed by atoms with Crippen LogP contribution in [0, 0.1) is 5.82 Å². The lowest BCUT2D eigenvalue weighted by Gasteiger charge is -2.17. The van der Waals surface area contributed by atoms with Crippen LogP contribution in [0.4, 0.5) is 17.6 Å². The van der Waals surface area contributed by atoms with Crippen molar-refractivity contribution >= 4 is 0 Å². The van der Waals surface area contributed by atoms with E-state index in [1.54, 1.807) is 0 Å². The molecule has 0 spiro atoms. The van der Waals surface area contributed by atoms with Gasteiger partial charge in [-0.25, -0.2) is 4.39 Å². The molecule has 0 aromatic heterocycles. The van der Waals surface area contributed by atoms with E-state index in [4.69, 9.17) is 5.11 Å². The topological polar surface area (TPSA) is 29.5 Å². The molecule has 2 nitrogen and oxygen atoms in total. The summed E-state index contributed by atoms with van der Waals surface area (Å²) < 4.78 is 53.9. The van der Waals surface area contributed by atoms with Gasteiger partial charge in [-0.3, -0.25) is 0 Å². The molecule has 1 N–H and O–H groups in total. The van der Waals surface area contributed by atoms with Gasteiger partial charge in [0.1, 0.15) is 0 Å². The van der Waals surface area contributed by atoms with Gasteiger partial charge >= 0.3 is 6.18 Å². The predicted octanol–water partition coefficient (Wildman–Crippen LogP) is 2.43. The Morgan fingerprint density at radius 3 is 2.40 bits per heavy atom. The highest BCUT2D eigenvalue weighted by molar-refractivity contribution is 5.37. The Morgan fingerprint density at radius 2 is 1.93 bits per heavy atom. The zero-order valence-electron chi connectivity index (χ0n) is 7.68. The van der Waals surface area contributed by atoms with Crippen molar-refractivity contribution in [2.24, 2.45) is 0 Å². The second-order valence-electron chi connectivity index (χ2n) is 2.81. The van der Waals surface area contributed by atoms with Gasteiger partial charge in [0.25, 0.3) is 0 Å². The molecule has 0 radical (unpaired) electrons. The van der Waals surface area contributed by atoms with Crippen LogP contribution in [0.25, 0.3) is 0 Å². The summed E-state index contributed by atoms with van der Waals surface area (Å²) in [5.74, 6) is -1.54. The normalized spacial score (nSPS) is 13.7. The highest BCUT2D eigenvalue weighted by Crippen LogP contribution is 2.37. The van der Waals surface area contributed by atoms with Crippen molar-refractivity contribution in [3.8, 4) is 5.75 Å². The number of halogens is 4. The van der Waals surface area contributed by atoms with Crippen LogP contribution >= 0.6 is 0 Å². The second-order valence-corrected chi connectivity index (χ2v) is 2.81. The number of ether oxygens (including phenoxy) is 1. The summed E-state index contributed by atoms with van der Waals surface area (Å²) in [6, 6.07) is 2.98. The van der Waals surface area contributed by atoms with Gasteiger partial charge in [-0.05, 0) is 6.07 Å². The van der Waals surface area contributed by atoms with Crippen molar-refractivity contribution in [2.45, 2.75) is 12.3 Å². The number of hydrogen-bond donors (Lipinski definition) is 1. The Labute approximate surface area is 83.1 Å². The number of benzene rings is 1. The van der Waals surface area contributed by atoms with Crippen molar-refractivity contribution in [1.82, 2.24) is 0 Å². The molecule has 0 aliphatic heterocycles. The molecule has 1 atom stereocenters. The number of rotatable bonds is 2. The van der Waals surface area contributed by atoms with Gasteiger partial charge in [0.05, 0.1) is 7.11 Å². The van der Waals surface area contributed by atoms with E-state index in [1.807, 2.05) is 0 Å². The van der Waals surface area contributed by atoms with Crippen LogP contribution in [0.1, 0.15) is 11.7 Å². The minimum Gasteiger partial charge on any atom is -0.493 e. The molecule has 6 heteroatoms. The molecule has 0 saturated heterocycles.